The molecule has 148 valence electrons. The van der Waals surface area contributed by atoms with Gasteiger partial charge in [-0.3, -0.25) is 9.59 Å². The van der Waals surface area contributed by atoms with E-state index in [9.17, 15) is 9.59 Å². The number of methoxy groups -OCH3 is 1. The van der Waals surface area contributed by atoms with Crippen LogP contribution in [-0.4, -0.2) is 36.0 Å². The lowest BCUT2D eigenvalue weighted by molar-refractivity contribution is -0.153. The molecule has 1 aliphatic heterocycles. The lowest BCUT2D eigenvalue weighted by Crippen LogP contribution is -2.37. The molecule has 3 rings (SSSR count). The predicted octanol–water partition coefficient (Wildman–Crippen LogP) is 3.78. The Hall–Kier alpha value is -2.82. The van der Waals surface area contributed by atoms with E-state index in [0.717, 1.165) is 34.4 Å². The Morgan fingerprint density at radius 2 is 1.79 bits per heavy atom. The molecule has 2 aromatic carbocycles. The standard InChI is InChI=1S/C23H27NO4/c1-16(25)28-23(2,3)14-18-7-10-21-19(13-18)11-12-24(22(21)26)15-17-5-8-20(27-4)9-6-17/h5-10,13H,11-12,14-15H2,1-4H3. The summed E-state index contributed by atoms with van der Waals surface area (Å²) in [5.41, 5.74) is 3.40. The second kappa shape index (κ2) is 8.05. The molecule has 0 radical (unpaired) electrons. The number of benzene rings is 2. The second-order valence-corrected chi connectivity index (χ2v) is 7.85. The molecule has 5 nitrogen and oxygen atoms in total. The summed E-state index contributed by atoms with van der Waals surface area (Å²) < 4.78 is 10.6. The largest absolute Gasteiger partial charge is 0.497 e. The van der Waals surface area contributed by atoms with Crippen LogP contribution in [0.1, 0.15) is 47.8 Å². The fourth-order valence-corrected chi connectivity index (χ4v) is 3.72. The Labute approximate surface area is 166 Å². The smallest absolute Gasteiger partial charge is 0.303 e. The van der Waals surface area contributed by atoms with Gasteiger partial charge in [-0.1, -0.05) is 24.3 Å². The highest BCUT2D eigenvalue weighted by molar-refractivity contribution is 5.96. The zero-order valence-corrected chi connectivity index (χ0v) is 17.0. The molecule has 0 aromatic heterocycles. The van der Waals surface area contributed by atoms with Crippen LogP contribution in [-0.2, 0) is 28.9 Å². The van der Waals surface area contributed by atoms with Crippen molar-refractivity contribution in [2.24, 2.45) is 0 Å². The SMILES string of the molecule is COc1ccc(CN2CCc3cc(CC(C)(C)OC(C)=O)ccc3C2=O)cc1. The van der Waals surface area contributed by atoms with E-state index in [1.165, 1.54) is 6.92 Å². The quantitative estimate of drug-likeness (QED) is 0.715. The minimum atomic E-state index is -0.570. The normalized spacial score (nSPS) is 13.9. The molecular formula is C23H27NO4. The van der Waals surface area contributed by atoms with Crippen molar-refractivity contribution in [3.63, 3.8) is 0 Å². The van der Waals surface area contributed by atoms with E-state index in [1.807, 2.05) is 55.1 Å². The first-order valence-electron chi connectivity index (χ1n) is 9.51. The summed E-state index contributed by atoms with van der Waals surface area (Å²) in [7, 11) is 1.64. The van der Waals surface area contributed by atoms with Crippen LogP contribution in [0.15, 0.2) is 42.5 Å². The number of nitrogens with zero attached hydrogens (tertiary/aromatic N) is 1. The third kappa shape index (κ3) is 4.71. The van der Waals surface area contributed by atoms with Gasteiger partial charge >= 0.3 is 5.97 Å². The van der Waals surface area contributed by atoms with Gasteiger partial charge in [-0.25, -0.2) is 0 Å². The van der Waals surface area contributed by atoms with Crippen molar-refractivity contribution in [3.05, 3.63) is 64.7 Å². The molecule has 1 heterocycles. The van der Waals surface area contributed by atoms with Crippen LogP contribution in [0.25, 0.3) is 0 Å². The topological polar surface area (TPSA) is 55.8 Å². The zero-order chi connectivity index (χ0) is 20.3. The molecule has 0 aliphatic carbocycles. The van der Waals surface area contributed by atoms with E-state index in [0.29, 0.717) is 19.5 Å². The summed E-state index contributed by atoms with van der Waals surface area (Å²) in [6, 6.07) is 13.7. The first kappa shape index (κ1) is 19.9. The maximum atomic E-state index is 12.9. The maximum absolute atomic E-state index is 12.9. The molecule has 0 fully saturated rings. The van der Waals surface area contributed by atoms with Gasteiger partial charge < -0.3 is 14.4 Å². The van der Waals surface area contributed by atoms with Crippen LogP contribution < -0.4 is 4.74 Å². The first-order chi connectivity index (χ1) is 13.3. The number of carbonyl (C=O) groups excluding carboxylic acids is 2. The summed E-state index contributed by atoms with van der Waals surface area (Å²) in [5, 5.41) is 0. The van der Waals surface area contributed by atoms with Crippen molar-refractivity contribution >= 4 is 11.9 Å². The summed E-state index contributed by atoms with van der Waals surface area (Å²) in [6.45, 7) is 6.49. The monoisotopic (exact) mass is 381 g/mol. The molecule has 1 amide bonds. The van der Waals surface area contributed by atoms with Crippen molar-refractivity contribution in [2.75, 3.05) is 13.7 Å². The van der Waals surface area contributed by atoms with Crippen LogP contribution in [0.3, 0.4) is 0 Å². The number of carbonyl (C=O) groups is 2. The third-order valence-electron chi connectivity index (χ3n) is 4.92. The van der Waals surface area contributed by atoms with Crippen molar-refractivity contribution in [3.8, 4) is 5.75 Å². The van der Waals surface area contributed by atoms with Gasteiger partial charge in [0.2, 0.25) is 0 Å². The third-order valence-corrected chi connectivity index (χ3v) is 4.92. The first-order valence-corrected chi connectivity index (χ1v) is 9.51. The molecule has 2 aromatic rings. The molecule has 0 saturated heterocycles. The predicted molar refractivity (Wildman–Crippen MR) is 107 cm³/mol. The van der Waals surface area contributed by atoms with Gasteiger partial charge in [0.1, 0.15) is 11.4 Å². The zero-order valence-electron chi connectivity index (χ0n) is 17.0. The Morgan fingerprint density at radius 3 is 2.43 bits per heavy atom. The lowest BCUT2D eigenvalue weighted by atomic mass is 9.91. The Bertz CT molecular complexity index is 871. The van der Waals surface area contributed by atoms with Crippen LogP contribution in [0.4, 0.5) is 0 Å². The average Bonchev–Trinajstić information content (AvgIpc) is 2.63. The average molecular weight is 381 g/mol. The maximum Gasteiger partial charge on any atom is 0.303 e. The summed E-state index contributed by atoms with van der Waals surface area (Å²) in [5.74, 6) is 0.582. The van der Waals surface area contributed by atoms with E-state index in [2.05, 4.69) is 6.07 Å². The fraction of sp³-hybridized carbons (Fsp3) is 0.391. The number of amides is 1. The highest BCUT2D eigenvalue weighted by Gasteiger charge is 2.26. The number of fused-ring (bicyclic) bond motifs is 1. The minimum Gasteiger partial charge on any atom is -0.497 e. The van der Waals surface area contributed by atoms with E-state index in [4.69, 9.17) is 9.47 Å². The van der Waals surface area contributed by atoms with Crippen LogP contribution in [0.5, 0.6) is 5.75 Å². The van der Waals surface area contributed by atoms with Crippen LogP contribution >= 0.6 is 0 Å². The number of rotatable bonds is 6. The molecule has 0 atom stereocenters. The van der Waals surface area contributed by atoms with E-state index in [-0.39, 0.29) is 11.9 Å². The Kier molecular flexibility index (Phi) is 5.73. The molecule has 0 spiro atoms. The number of esters is 1. The van der Waals surface area contributed by atoms with Gasteiger partial charge in [-0.05, 0) is 55.2 Å². The summed E-state index contributed by atoms with van der Waals surface area (Å²) in [6.07, 6.45) is 1.43. The number of ether oxygens (including phenoxy) is 2. The molecule has 0 saturated carbocycles. The van der Waals surface area contributed by atoms with E-state index >= 15 is 0 Å². The number of hydrogen-bond acceptors (Lipinski definition) is 4. The molecular weight excluding hydrogens is 354 g/mol. The van der Waals surface area contributed by atoms with Crippen LogP contribution in [0, 0.1) is 0 Å². The fourth-order valence-electron chi connectivity index (χ4n) is 3.72. The molecule has 1 aliphatic rings. The Morgan fingerprint density at radius 1 is 1.11 bits per heavy atom. The minimum absolute atomic E-state index is 0.0582. The van der Waals surface area contributed by atoms with Gasteiger partial charge in [0.25, 0.3) is 5.91 Å². The molecule has 5 heteroatoms. The van der Waals surface area contributed by atoms with E-state index in [1.54, 1.807) is 7.11 Å². The summed E-state index contributed by atoms with van der Waals surface area (Å²) in [4.78, 5) is 26.1. The molecule has 0 unspecified atom stereocenters. The van der Waals surface area contributed by atoms with Gasteiger partial charge in [0.05, 0.1) is 7.11 Å². The molecule has 0 bridgehead atoms. The van der Waals surface area contributed by atoms with Gasteiger partial charge in [0.15, 0.2) is 0 Å². The Balaban J connectivity index is 1.71. The van der Waals surface area contributed by atoms with Gasteiger partial charge in [-0.2, -0.15) is 0 Å². The number of hydrogen-bond donors (Lipinski definition) is 0. The summed E-state index contributed by atoms with van der Waals surface area (Å²) >= 11 is 0. The highest BCUT2D eigenvalue weighted by Crippen LogP contribution is 2.25. The molecule has 28 heavy (non-hydrogen) atoms. The van der Waals surface area contributed by atoms with Crippen LogP contribution in [0.2, 0.25) is 0 Å². The van der Waals surface area contributed by atoms with Gasteiger partial charge in [-0.15, -0.1) is 0 Å². The van der Waals surface area contributed by atoms with Crippen molar-refractivity contribution in [2.45, 2.75) is 45.8 Å². The lowest BCUT2D eigenvalue weighted by Gasteiger charge is -2.30. The van der Waals surface area contributed by atoms with Crippen molar-refractivity contribution in [1.29, 1.82) is 0 Å². The van der Waals surface area contributed by atoms with Gasteiger partial charge in [0, 0.05) is 32.0 Å². The van der Waals surface area contributed by atoms with Crippen molar-refractivity contribution in [1.82, 2.24) is 4.90 Å². The van der Waals surface area contributed by atoms with Crippen molar-refractivity contribution < 1.29 is 19.1 Å². The highest BCUT2D eigenvalue weighted by atomic mass is 16.6. The second-order valence-electron chi connectivity index (χ2n) is 7.85. The van der Waals surface area contributed by atoms with E-state index < -0.39 is 5.60 Å². The molecule has 0 N–H and O–H groups in total.